The highest BCUT2D eigenvalue weighted by atomic mass is 35.5. The lowest BCUT2D eigenvalue weighted by atomic mass is 10.2. The van der Waals surface area contributed by atoms with E-state index in [0.717, 1.165) is 23.2 Å². The van der Waals surface area contributed by atoms with E-state index in [1.165, 1.54) is 0 Å². The van der Waals surface area contributed by atoms with Crippen LogP contribution in [0.3, 0.4) is 0 Å². The highest BCUT2D eigenvalue weighted by Gasteiger charge is 2.13. The van der Waals surface area contributed by atoms with E-state index < -0.39 is 6.10 Å². The van der Waals surface area contributed by atoms with Crippen LogP contribution in [-0.4, -0.2) is 21.4 Å². The Morgan fingerprint density at radius 3 is 3.00 bits per heavy atom. The van der Waals surface area contributed by atoms with Crippen molar-refractivity contribution in [1.82, 2.24) is 15.1 Å². The van der Waals surface area contributed by atoms with Crippen LogP contribution in [-0.2, 0) is 20.0 Å². The maximum Gasteiger partial charge on any atom is 0.131 e. The lowest BCUT2D eigenvalue weighted by Crippen LogP contribution is -2.21. The van der Waals surface area contributed by atoms with Gasteiger partial charge < -0.3 is 10.4 Å². The molecule has 0 radical (unpaired) electrons. The third-order valence-electron chi connectivity index (χ3n) is 3.05. The second-order valence-electron chi connectivity index (χ2n) is 4.40. The van der Waals surface area contributed by atoms with Crippen molar-refractivity contribution in [3.05, 3.63) is 38.8 Å². The number of nitrogens with zero attached hydrogens (tertiary/aromatic N) is 2. The number of aromatic nitrogens is 2. The third kappa shape index (κ3) is 3.36. The van der Waals surface area contributed by atoms with Crippen molar-refractivity contribution >= 4 is 22.9 Å². The van der Waals surface area contributed by atoms with Gasteiger partial charge in [0.25, 0.3) is 0 Å². The average molecular weight is 300 g/mol. The number of aliphatic hydroxyl groups excluding tert-OH is 1. The minimum absolute atomic E-state index is 0.480. The fourth-order valence-corrected chi connectivity index (χ4v) is 2.90. The summed E-state index contributed by atoms with van der Waals surface area (Å²) in [6, 6.07) is 1.94. The lowest BCUT2D eigenvalue weighted by Gasteiger charge is -2.10. The molecule has 4 nitrogen and oxygen atoms in total. The standard InChI is InChI=1S/C13H18ClN3OS/c1-3-11-10(13(14)17(2)16-11)6-15-7-12(18)9-4-5-19-8-9/h4-5,8,12,15,18H,3,6-7H2,1-2H3. The van der Waals surface area contributed by atoms with Gasteiger partial charge in [0.2, 0.25) is 0 Å². The predicted molar refractivity (Wildman–Crippen MR) is 78.6 cm³/mol. The van der Waals surface area contributed by atoms with Gasteiger partial charge in [0.05, 0.1) is 11.8 Å². The first kappa shape index (κ1) is 14.5. The van der Waals surface area contributed by atoms with Crippen LogP contribution in [0.15, 0.2) is 16.8 Å². The van der Waals surface area contributed by atoms with Gasteiger partial charge in [0.15, 0.2) is 0 Å². The normalized spacial score (nSPS) is 12.8. The van der Waals surface area contributed by atoms with Gasteiger partial charge in [-0.1, -0.05) is 18.5 Å². The van der Waals surface area contributed by atoms with E-state index in [2.05, 4.69) is 17.3 Å². The number of thiophene rings is 1. The third-order valence-corrected chi connectivity index (χ3v) is 4.23. The second kappa shape index (κ2) is 6.52. The van der Waals surface area contributed by atoms with E-state index >= 15 is 0 Å². The van der Waals surface area contributed by atoms with E-state index in [-0.39, 0.29) is 0 Å². The number of hydrogen-bond donors (Lipinski definition) is 2. The van der Waals surface area contributed by atoms with Gasteiger partial charge in [-0.2, -0.15) is 16.4 Å². The Labute approximate surface area is 122 Å². The predicted octanol–water partition coefficient (Wildman–Crippen LogP) is 2.52. The summed E-state index contributed by atoms with van der Waals surface area (Å²) >= 11 is 7.79. The van der Waals surface area contributed by atoms with Crippen molar-refractivity contribution in [3.8, 4) is 0 Å². The van der Waals surface area contributed by atoms with Crippen LogP contribution in [0.25, 0.3) is 0 Å². The summed E-state index contributed by atoms with van der Waals surface area (Å²) in [6.45, 7) is 3.19. The zero-order valence-electron chi connectivity index (χ0n) is 11.1. The van der Waals surface area contributed by atoms with Crippen molar-refractivity contribution in [2.24, 2.45) is 7.05 Å². The van der Waals surface area contributed by atoms with Crippen molar-refractivity contribution < 1.29 is 5.11 Å². The van der Waals surface area contributed by atoms with Crippen molar-refractivity contribution in [2.75, 3.05) is 6.54 Å². The molecule has 1 atom stereocenters. The molecule has 6 heteroatoms. The number of halogens is 1. The van der Waals surface area contributed by atoms with Crippen LogP contribution in [0.1, 0.15) is 29.8 Å². The van der Waals surface area contributed by atoms with Crippen LogP contribution >= 0.6 is 22.9 Å². The average Bonchev–Trinajstić information content (AvgIpc) is 3.01. The van der Waals surface area contributed by atoms with Crippen molar-refractivity contribution in [2.45, 2.75) is 26.0 Å². The summed E-state index contributed by atoms with van der Waals surface area (Å²) in [7, 11) is 1.84. The summed E-state index contributed by atoms with van der Waals surface area (Å²) in [5, 5.41) is 22.2. The quantitative estimate of drug-likeness (QED) is 0.862. The molecule has 0 aromatic carbocycles. The smallest absolute Gasteiger partial charge is 0.131 e. The molecule has 0 saturated heterocycles. The van der Waals surface area contributed by atoms with Crippen LogP contribution in [0.2, 0.25) is 5.15 Å². The number of aryl methyl sites for hydroxylation is 2. The molecule has 0 fully saturated rings. The molecule has 104 valence electrons. The molecule has 2 heterocycles. The Balaban J connectivity index is 1.92. The Hall–Kier alpha value is -0.880. The van der Waals surface area contributed by atoms with Crippen LogP contribution < -0.4 is 5.32 Å². The summed E-state index contributed by atoms with van der Waals surface area (Å²) in [4.78, 5) is 0. The lowest BCUT2D eigenvalue weighted by molar-refractivity contribution is 0.175. The van der Waals surface area contributed by atoms with Crippen LogP contribution in [0, 0.1) is 0 Å². The van der Waals surface area contributed by atoms with Crippen LogP contribution in [0.4, 0.5) is 0 Å². The Bertz CT molecular complexity index is 524. The van der Waals surface area contributed by atoms with Gasteiger partial charge in [-0.3, -0.25) is 4.68 Å². The Kier molecular flexibility index (Phi) is 4.99. The highest BCUT2D eigenvalue weighted by Crippen LogP contribution is 2.20. The molecule has 19 heavy (non-hydrogen) atoms. The van der Waals surface area contributed by atoms with E-state index in [1.807, 2.05) is 23.9 Å². The summed E-state index contributed by atoms with van der Waals surface area (Å²) in [5.41, 5.74) is 2.97. The molecule has 0 saturated carbocycles. The molecule has 0 aliphatic heterocycles. The fraction of sp³-hybridized carbons (Fsp3) is 0.462. The molecule has 0 bridgehead atoms. The molecule has 0 aliphatic rings. The van der Waals surface area contributed by atoms with Gasteiger partial charge in [-0.25, -0.2) is 0 Å². The molecular formula is C13H18ClN3OS. The SMILES string of the molecule is CCc1nn(C)c(Cl)c1CNCC(O)c1ccsc1. The molecule has 2 rings (SSSR count). The second-order valence-corrected chi connectivity index (χ2v) is 5.53. The van der Waals surface area contributed by atoms with E-state index in [9.17, 15) is 5.11 Å². The molecule has 2 aromatic rings. The molecular weight excluding hydrogens is 282 g/mol. The summed E-state index contributed by atoms with van der Waals surface area (Å²) in [6.07, 6.45) is 0.372. The Morgan fingerprint density at radius 2 is 2.37 bits per heavy atom. The first-order valence-corrected chi connectivity index (χ1v) is 7.56. The number of nitrogens with one attached hydrogen (secondary N) is 1. The van der Waals surface area contributed by atoms with Gasteiger partial charge >= 0.3 is 0 Å². The fourth-order valence-electron chi connectivity index (χ4n) is 1.98. The first-order valence-electron chi connectivity index (χ1n) is 6.24. The first-order chi connectivity index (χ1) is 9.13. The maximum atomic E-state index is 9.98. The number of hydrogen-bond acceptors (Lipinski definition) is 4. The minimum atomic E-state index is -0.480. The number of rotatable bonds is 6. The van der Waals surface area contributed by atoms with Gasteiger partial charge in [0, 0.05) is 25.7 Å². The zero-order chi connectivity index (χ0) is 13.8. The van der Waals surface area contributed by atoms with Gasteiger partial charge in [-0.05, 0) is 28.8 Å². The summed E-state index contributed by atoms with van der Waals surface area (Å²) in [5.74, 6) is 0. The minimum Gasteiger partial charge on any atom is -0.387 e. The van der Waals surface area contributed by atoms with Crippen LogP contribution in [0.5, 0.6) is 0 Å². The molecule has 0 amide bonds. The van der Waals surface area contributed by atoms with E-state index in [4.69, 9.17) is 11.6 Å². The number of aliphatic hydroxyl groups is 1. The Morgan fingerprint density at radius 1 is 1.58 bits per heavy atom. The van der Waals surface area contributed by atoms with E-state index in [0.29, 0.717) is 18.2 Å². The monoisotopic (exact) mass is 299 g/mol. The molecule has 1 unspecified atom stereocenters. The highest BCUT2D eigenvalue weighted by molar-refractivity contribution is 7.07. The maximum absolute atomic E-state index is 9.98. The van der Waals surface area contributed by atoms with Crippen molar-refractivity contribution in [1.29, 1.82) is 0 Å². The summed E-state index contributed by atoms with van der Waals surface area (Å²) < 4.78 is 1.69. The van der Waals surface area contributed by atoms with Gasteiger partial charge in [0.1, 0.15) is 5.15 Å². The molecule has 2 N–H and O–H groups in total. The largest absolute Gasteiger partial charge is 0.387 e. The molecule has 2 aromatic heterocycles. The van der Waals surface area contributed by atoms with Crippen molar-refractivity contribution in [3.63, 3.8) is 0 Å². The zero-order valence-corrected chi connectivity index (χ0v) is 12.6. The topological polar surface area (TPSA) is 50.1 Å². The molecule has 0 spiro atoms. The van der Waals surface area contributed by atoms with E-state index in [1.54, 1.807) is 16.0 Å². The van der Waals surface area contributed by atoms with Gasteiger partial charge in [-0.15, -0.1) is 0 Å². The molecule has 0 aliphatic carbocycles.